The first kappa shape index (κ1) is 8.32. The van der Waals surface area contributed by atoms with Crippen LogP contribution >= 0.6 is 0 Å². The fourth-order valence-corrected chi connectivity index (χ4v) is 0.843. The molecule has 0 atom stereocenters. The number of rotatable bonds is 3. The van der Waals surface area contributed by atoms with Gasteiger partial charge in [-0.2, -0.15) is 4.91 Å². The molecule has 0 heterocycles. The number of nitrogens with zero attached hydrogens (tertiary/aromatic N) is 2. The summed E-state index contributed by atoms with van der Waals surface area (Å²) in [6, 6.07) is 5.85. The monoisotopic (exact) mass is 166 g/mol. The summed E-state index contributed by atoms with van der Waals surface area (Å²) in [5.41, 5.74) is 0.537. The highest BCUT2D eigenvalue weighted by atomic mass is 16.6. The van der Waals surface area contributed by atoms with E-state index in [0.717, 1.165) is 0 Å². The van der Waals surface area contributed by atoms with Crippen molar-refractivity contribution in [2.24, 2.45) is 5.18 Å². The maximum Gasteiger partial charge on any atom is 0.269 e. The highest BCUT2D eigenvalue weighted by molar-refractivity contribution is 5.34. The van der Waals surface area contributed by atoms with Crippen molar-refractivity contribution in [2.75, 3.05) is 0 Å². The Kier molecular flexibility index (Phi) is 2.47. The van der Waals surface area contributed by atoms with Gasteiger partial charge in [0.25, 0.3) is 5.69 Å². The lowest BCUT2D eigenvalue weighted by Gasteiger charge is -1.93. The fraction of sp³-hybridized carbons (Fsp3) is 0.143. The van der Waals surface area contributed by atoms with E-state index in [1.54, 1.807) is 6.07 Å². The lowest BCUT2D eigenvalue weighted by molar-refractivity contribution is -0.384. The molecule has 0 aliphatic rings. The molecule has 1 aromatic rings. The van der Waals surface area contributed by atoms with Gasteiger partial charge in [0.1, 0.15) is 6.54 Å². The summed E-state index contributed by atoms with van der Waals surface area (Å²) in [4.78, 5) is 19.6. The number of nitroso groups, excluding NO2 is 1. The Labute approximate surface area is 68.1 Å². The Bertz CT molecular complexity index is 311. The maximum absolute atomic E-state index is 10.3. The minimum atomic E-state index is -0.506. The van der Waals surface area contributed by atoms with Gasteiger partial charge in [-0.15, -0.1) is 0 Å². The molecule has 0 saturated heterocycles. The van der Waals surface area contributed by atoms with E-state index in [9.17, 15) is 15.0 Å². The average molecular weight is 166 g/mol. The molecule has 1 aromatic carbocycles. The topological polar surface area (TPSA) is 72.6 Å². The second-order valence-electron chi connectivity index (χ2n) is 2.21. The molecule has 0 bridgehead atoms. The Hall–Kier alpha value is -1.78. The third kappa shape index (κ3) is 1.85. The second kappa shape index (κ2) is 3.56. The van der Waals surface area contributed by atoms with Gasteiger partial charge in [0.15, 0.2) is 0 Å². The lowest BCUT2D eigenvalue weighted by atomic mass is 10.2. The van der Waals surface area contributed by atoms with E-state index in [-0.39, 0.29) is 12.2 Å². The summed E-state index contributed by atoms with van der Waals surface area (Å²) < 4.78 is 0. The van der Waals surface area contributed by atoms with Crippen molar-refractivity contribution in [1.29, 1.82) is 0 Å². The summed E-state index contributed by atoms with van der Waals surface area (Å²) >= 11 is 0. The Balaban J connectivity index is 2.95. The molecular weight excluding hydrogens is 160 g/mol. The zero-order valence-corrected chi connectivity index (χ0v) is 6.14. The molecule has 0 aromatic heterocycles. The summed E-state index contributed by atoms with van der Waals surface area (Å²) in [6.45, 7) is -0.0261. The molecule has 0 spiro atoms. The smallest absolute Gasteiger partial charge is 0.258 e. The molecule has 0 unspecified atom stereocenters. The molecule has 0 fully saturated rings. The van der Waals surface area contributed by atoms with Crippen LogP contribution in [0.25, 0.3) is 0 Å². The van der Waals surface area contributed by atoms with Crippen molar-refractivity contribution in [2.45, 2.75) is 6.54 Å². The lowest BCUT2D eigenvalue weighted by Crippen LogP contribution is -1.89. The molecule has 0 amide bonds. The average Bonchev–Trinajstić information content (AvgIpc) is 2.05. The number of hydrogen-bond acceptors (Lipinski definition) is 4. The van der Waals surface area contributed by atoms with Crippen molar-refractivity contribution in [3.05, 3.63) is 44.9 Å². The Morgan fingerprint density at radius 1 is 1.50 bits per heavy atom. The van der Waals surface area contributed by atoms with Crippen molar-refractivity contribution < 1.29 is 4.92 Å². The minimum Gasteiger partial charge on any atom is -0.258 e. The van der Waals surface area contributed by atoms with Crippen LogP contribution in [0.4, 0.5) is 5.69 Å². The third-order valence-electron chi connectivity index (χ3n) is 1.37. The van der Waals surface area contributed by atoms with Crippen LogP contribution in [-0.2, 0) is 6.54 Å². The van der Waals surface area contributed by atoms with Crippen molar-refractivity contribution in [1.82, 2.24) is 0 Å². The number of nitro groups is 1. The number of nitro benzene ring substituents is 1. The van der Waals surface area contributed by atoms with Gasteiger partial charge in [-0.3, -0.25) is 10.1 Å². The van der Waals surface area contributed by atoms with Gasteiger partial charge in [0.2, 0.25) is 0 Å². The molecule has 0 aliphatic heterocycles. The van der Waals surface area contributed by atoms with E-state index in [1.807, 2.05) is 0 Å². The molecule has 12 heavy (non-hydrogen) atoms. The predicted octanol–water partition coefficient (Wildman–Crippen LogP) is 1.86. The van der Waals surface area contributed by atoms with Crippen LogP contribution in [0.3, 0.4) is 0 Å². The summed E-state index contributed by atoms with van der Waals surface area (Å²) in [5, 5.41) is 12.9. The zero-order valence-electron chi connectivity index (χ0n) is 6.14. The van der Waals surface area contributed by atoms with E-state index in [2.05, 4.69) is 5.18 Å². The Morgan fingerprint density at radius 3 is 2.83 bits per heavy atom. The molecule has 0 saturated carbocycles. The standard InChI is InChI=1S/C7H6N2O3/c10-8-5-6-2-1-3-7(4-6)9(11)12/h1-4H,5H2. The first-order chi connectivity index (χ1) is 5.74. The highest BCUT2D eigenvalue weighted by Crippen LogP contribution is 2.13. The van der Waals surface area contributed by atoms with Gasteiger partial charge in [-0.25, -0.2) is 0 Å². The van der Waals surface area contributed by atoms with Crippen LogP contribution in [0, 0.1) is 15.0 Å². The fourth-order valence-electron chi connectivity index (χ4n) is 0.843. The molecule has 5 heteroatoms. The van der Waals surface area contributed by atoms with Crippen LogP contribution in [-0.4, -0.2) is 4.92 Å². The Morgan fingerprint density at radius 2 is 2.25 bits per heavy atom. The first-order valence-electron chi connectivity index (χ1n) is 3.26. The summed E-state index contributed by atoms with van der Waals surface area (Å²) in [5.74, 6) is 0. The number of benzene rings is 1. The predicted molar refractivity (Wildman–Crippen MR) is 42.6 cm³/mol. The van der Waals surface area contributed by atoms with Crippen LogP contribution in [0.5, 0.6) is 0 Å². The minimum absolute atomic E-state index is 0.0175. The van der Waals surface area contributed by atoms with Crippen LogP contribution < -0.4 is 0 Å². The second-order valence-corrected chi connectivity index (χ2v) is 2.21. The van der Waals surface area contributed by atoms with Gasteiger partial charge < -0.3 is 0 Å². The normalized spacial score (nSPS) is 9.33. The SMILES string of the molecule is O=NCc1cccc([N+](=O)[O-])c1. The molecule has 0 aliphatic carbocycles. The van der Waals surface area contributed by atoms with Crippen LogP contribution in [0.2, 0.25) is 0 Å². The largest absolute Gasteiger partial charge is 0.269 e. The zero-order chi connectivity index (χ0) is 8.97. The first-order valence-corrected chi connectivity index (χ1v) is 3.26. The van der Waals surface area contributed by atoms with Crippen LogP contribution in [0.1, 0.15) is 5.56 Å². The van der Waals surface area contributed by atoms with E-state index >= 15 is 0 Å². The van der Waals surface area contributed by atoms with Crippen LogP contribution in [0.15, 0.2) is 29.4 Å². The van der Waals surface area contributed by atoms with Gasteiger partial charge in [0, 0.05) is 12.1 Å². The summed E-state index contributed by atoms with van der Waals surface area (Å²) in [7, 11) is 0. The quantitative estimate of drug-likeness (QED) is 0.390. The third-order valence-corrected chi connectivity index (χ3v) is 1.37. The van der Waals surface area contributed by atoms with E-state index in [0.29, 0.717) is 5.56 Å². The van der Waals surface area contributed by atoms with E-state index in [4.69, 9.17) is 0 Å². The van der Waals surface area contributed by atoms with Gasteiger partial charge in [-0.1, -0.05) is 17.3 Å². The summed E-state index contributed by atoms with van der Waals surface area (Å²) in [6.07, 6.45) is 0. The molecule has 62 valence electrons. The molecule has 5 nitrogen and oxygen atoms in total. The van der Waals surface area contributed by atoms with Gasteiger partial charge in [0.05, 0.1) is 4.92 Å². The van der Waals surface area contributed by atoms with Gasteiger partial charge in [-0.05, 0) is 5.56 Å². The van der Waals surface area contributed by atoms with Gasteiger partial charge >= 0.3 is 0 Å². The van der Waals surface area contributed by atoms with Crippen molar-refractivity contribution in [3.8, 4) is 0 Å². The van der Waals surface area contributed by atoms with E-state index in [1.165, 1.54) is 18.2 Å². The molecule has 0 radical (unpaired) electrons. The number of hydrogen-bond donors (Lipinski definition) is 0. The molecule has 0 N–H and O–H groups in total. The number of non-ortho nitro benzene ring substituents is 1. The maximum atomic E-state index is 10.3. The molecular formula is C7H6N2O3. The highest BCUT2D eigenvalue weighted by Gasteiger charge is 2.04. The van der Waals surface area contributed by atoms with Crippen molar-refractivity contribution in [3.63, 3.8) is 0 Å². The molecule has 1 rings (SSSR count). The van der Waals surface area contributed by atoms with Crippen molar-refractivity contribution >= 4 is 5.69 Å². The van der Waals surface area contributed by atoms with E-state index < -0.39 is 4.92 Å².